The molecule has 1 saturated carbocycles. The van der Waals surface area contributed by atoms with Crippen LogP contribution in [0.2, 0.25) is 0 Å². The molecule has 0 radical (unpaired) electrons. The molecular weight excluding hydrogens is 252 g/mol. The lowest BCUT2D eigenvalue weighted by Crippen LogP contribution is -2.37. The highest BCUT2D eigenvalue weighted by Crippen LogP contribution is 2.34. The SMILES string of the molecule is CCOc1ccccc1NC(=O)CN(C)C(C)C1CC1. The number of carbonyl (C=O) groups is 1. The minimum absolute atomic E-state index is 0.00662. The van der Waals surface area contributed by atoms with Gasteiger partial charge in [0.2, 0.25) is 5.91 Å². The second-order valence-corrected chi connectivity index (χ2v) is 5.47. The van der Waals surface area contributed by atoms with Crippen molar-refractivity contribution in [2.75, 3.05) is 25.5 Å². The Kier molecular flexibility index (Phi) is 5.01. The number of hydrogen-bond donors (Lipinski definition) is 1. The summed E-state index contributed by atoms with van der Waals surface area (Å²) >= 11 is 0. The fraction of sp³-hybridized carbons (Fsp3) is 0.562. The summed E-state index contributed by atoms with van der Waals surface area (Å²) in [6.07, 6.45) is 2.58. The van der Waals surface area contributed by atoms with Crippen molar-refractivity contribution in [3.05, 3.63) is 24.3 Å². The van der Waals surface area contributed by atoms with Gasteiger partial charge in [-0.2, -0.15) is 0 Å². The monoisotopic (exact) mass is 276 g/mol. The number of anilines is 1. The van der Waals surface area contributed by atoms with Gasteiger partial charge in [0.05, 0.1) is 18.8 Å². The Morgan fingerprint density at radius 2 is 2.15 bits per heavy atom. The standard InChI is InChI=1S/C16H24N2O2/c1-4-20-15-8-6-5-7-14(15)17-16(19)11-18(3)12(2)13-9-10-13/h5-8,12-13H,4,9-11H2,1-3H3,(H,17,19). The normalized spacial score (nSPS) is 16.0. The molecular formula is C16H24N2O2. The molecule has 1 unspecified atom stereocenters. The highest BCUT2D eigenvalue weighted by molar-refractivity contribution is 5.93. The Labute approximate surface area is 121 Å². The minimum atomic E-state index is 0.00662. The summed E-state index contributed by atoms with van der Waals surface area (Å²) in [6.45, 7) is 5.13. The molecule has 1 N–H and O–H groups in total. The fourth-order valence-corrected chi connectivity index (χ4v) is 2.35. The van der Waals surface area contributed by atoms with Crippen LogP contribution in [0.1, 0.15) is 26.7 Å². The van der Waals surface area contributed by atoms with Gasteiger partial charge in [0.25, 0.3) is 0 Å². The molecule has 1 aromatic rings. The van der Waals surface area contributed by atoms with Crippen molar-refractivity contribution in [3.8, 4) is 5.75 Å². The molecule has 0 heterocycles. The second-order valence-electron chi connectivity index (χ2n) is 5.47. The quantitative estimate of drug-likeness (QED) is 0.832. The average molecular weight is 276 g/mol. The van der Waals surface area contributed by atoms with Gasteiger partial charge in [-0.25, -0.2) is 0 Å². The molecule has 0 bridgehead atoms. The largest absolute Gasteiger partial charge is 0.492 e. The number of amides is 1. The van der Waals surface area contributed by atoms with Gasteiger partial charge in [-0.15, -0.1) is 0 Å². The molecule has 0 aromatic heterocycles. The number of likely N-dealkylation sites (N-methyl/N-ethyl adjacent to an activating group) is 1. The van der Waals surface area contributed by atoms with E-state index in [1.807, 2.05) is 38.2 Å². The van der Waals surface area contributed by atoms with E-state index in [4.69, 9.17) is 4.74 Å². The third-order valence-corrected chi connectivity index (χ3v) is 3.85. The third-order valence-electron chi connectivity index (χ3n) is 3.85. The smallest absolute Gasteiger partial charge is 0.238 e. The molecule has 1 aromatic carbocycles. The molecule has 0 spiro atoms. The Morgan fingerprint density at radius 1 is 1.45 bits per heavy atom. The molecule has 1 aliphatic carbocycles. The zero-order valence-electron chi connectivity index (χ0n) is 12.6. The van der Waals surface area contributed by atoms with Crippen LogP contribution in [-0.2, 0) is 4.79 Å². The summed E-state index contributed by atoms with van der Waals surface area (Å²) in [4.78, 5) is 14.2. The van der Waals surface area contributed by atoms with Crippen LogP contribution in [0.4, 0.5) is 5.69 Å². The van der Waals surface area contributed by atoms with Crippen LogP contribution < -0.4 is 10.1 Å². The van der Waals surface area contributed by atoms with Gasteiger partial charge in [-0.05, 0) is 51.8 Å². The van der Waals surface area contributed by atoms with Crippen LogP contribution in [0.5, 0.6) is 5.75 Å². The van der Waals surface area contributed by atoms with E-state index in [0.29, 0.717) is 19.2 Å². The summed E-state index contributed by atoms with van der Waals surface area (Å²) < 4.78 is 5.51. The van der Waals surface area contributed by atoms with Crippen LogP contribution in [0.3, 0.4) is 0 Å². The van der Waals surface area contributed by atoms with E-state index in [1.165, 1.54) is 12.8 Å². The Bertz CT molecular complexity index is 458. The summed E-state index contributed by atoms with van der Waals surface area (Å²) in [7, 11) is 2.01. The lowest BCUT2D eigenvalue weighted by molar-refractivity contribution is -0.117. The summed E-state index contributed by atoms with van der Waals surface area (Å²) in [6, 6.07) is 8.02. The van der Waals surface area contributed by atoms with Gasteiger partial charge >= 0.3 is 0 Å². The zero-order valence-corrected chi connectivity index (χ0v) is 12.6. The van der Waals surface area contributed by atoms with Gasteiger partial charge in [-0.3, -0.25) is 9.69 Å². The maximum absolute atomic E-state index is 12.1. The maximum atomic E-state index is 12.1. The molecule has 4 nitrogen and oxygen atoms in total. The van der Waals surface area contributed by atoms with Crippen molar-refractivity contribution in [2.45, 2.75) is 32.7 Å². The molecule has 4 heteroatoms. The highest BCUT2D eigenvalue weighted by Gasteiger charge is 2.31. The highest BCUT2D eigenvalue weighted by atomic mass is 16.5. The van der Waals surface area contributed by atoms with Gasteiger partial charge in [0, 0.05) is 6.04 Å². The number of ether oxygens (including phenoxy) is 1. The van der Waals surface area contributed by atoms with Crippen LogP contribution >= 0.6 is 0 Å². The van der Waals surface area contributed by atoms with Crippen LogP contribution in [0, 0.1) is 5.92 Å². The van der Waals surface area contributed by atoms with Gasteiger partial charge < -0.3 is 10.1 Å². The first-order chi connectivity index (χ1) is 9.61. The van der Waals surface area contributed by atoms with Crippen molar-refractivity contribution < 1.29 is 9.53 Å². The lowest BCUT2D eigenvalue weighted by Gasteiger charge is -2.24. The maximum Gasteiger partial charge on any atom is 0.238 e. The number of carbonyl (C=O) groups excluding carboxylic acids is 1. The van der Waals surface area contributed by atoms with Gasteiger partial charge in [0.1, 0.15) is 5.75 Å². The van der Waals surface area contributed by atoms with Crippen molar-refractivity contribution in [1.29, 1.82) is 0 Å². The number of para-hydroxylation sites is 2. The van der Waals surface area contributed by atoms with Gasteiger partial charge in [-0.1, -0.05) is 12.1 Å². The molecule has 1 atom stereocenters. The Balaban J connectivity index is 1.90. The predicted octanol–water partition coefficient (Wildman–Crippen LogP) is 2.75. The molecule has 110 valence electrons. The Hall–Kier alpha value is -1.55. The van der Waals surface area contributed by atoms with Crippen LogP contribution in [0.25, 0.3) is 0 Å². The van der Waals surface area contributed by atoms with E-state index in [0.717, 1.165) is 17.4 Å². The average Bonchev–Trinajstić information content (AvgIpc) is 3.24. The molecule has 1 fully saturated rings. The van der Waals surface area contributed by atoms with E-state index >= 15 is 0 Å². The number of rotatable bonds is 7. The summed E-state index contributed by atoms with van der Waals surface area (Å²) in [5.74, 6) is 1.50. The molecule has 1 aliphatic rings. The first kappa shape index (κ1) is 14.9. The van der Waals surface area contributed by atoms with E-state index in [1.54, 1.807) is 0 Å². The van der Waals surface area contributed by atoms with Crippen molar-refractivity contribution in [1.82, 2.24) is 4.90 Å². The van der Waals surface area contributed by atoms with Gasteiger partial charge in [0.15, 0.2) is 0 Å². The molecule has 0 aliphatic heterocycles. The van der Waals surface area contributed by atoms with Crippen molar-refractivity contribution in [3.63, 3.8) is 0 Å². The second kappa shape index (κ2) is 6.75. The van der Waals surface area contributed by atoms with Crippen LogP contribution in [0.15, 0.2) is 24.3 Å². The Morgan fingerprint density at radius 3 is 2.80 bits per heavy atom. The van der Waals surface area contributed by atoms with Crippen LogP contribution in [-0.4, -0.2) is 37.0 Å². The minimum Gasteiger partial charge on any atom is -0.492 e. The summed E-state index contributed by atoms with van der Waals surface area (Å²) in [5, 5.41) is 2.93. The fourth-order valence-electron chi connectivity index (χ4n) is 2.35. The van der Waals surface area contributed by atoms with E-state index in [9.17, 15) is 4.79 Å². The predicted molar refractivity (Wildman–Crippen MR) is 81.1 cm³/mol. The van der Waals surface area contributed by atoms with E-state index in [2.05, 4.69) is 17.1 Å². The van der Waals surface area contributed by atoms with Crippen molar-refractivity contribution in [2.24, 2.45) is 5.92 Å². The number of hydrogen-bond acceptors (Lipinski definition) is 3. The van der Waals surface area contributed by atoms with E-state index in [-0.39, 0.29) is 5.91 Å². The number of benzene rings is 1. The molecule has 1 amide bonds. The molecule has 2 rings (SSSR count). The van der Waals surface area contributed by atoms with E-state index < -0.39 is 0 Å². The zero-order chi connectivity index (χ0) is 14.5. The molecule has 0 saturated heterocycles. The first-order valence-corrected chi connectivity index (χ1v) is 7.33. The molecule has 20 heavy (non-hydrogen) atoms. The third kappa shape index (κ3) is 3.97. The van der Waals surface area contributed by atoms with Crippen molar-refractivity contribution >= 4 is 11.6 Å². The topological polar surface area (TPSA) is 41.6 Å². The summed E-state index contributed by atoms with van der Waals surface area (Å²) in [5.41, 5.74) is 0.742. The lowest BCUT2D eigenvalue weighted by atomic mass is 10.2. The number of nitrogens with one attached hydrogen (secondary N) is 1. The first-order valence-electron chi connectivity index (χ1n) is 7.33. The number of nitrogens with zero attached hydrogens (tertiary/aromatic N) is 1.